The van der Waals surface area contributed by atoms with Crippen LogP contribution in [0.15, 0.2) is 48.5 Å². The predicted octanol–water partition coefficient (Wildman–Crippen LogP) is 3.72. The summed E-state index contributed by atoms with van der Waals surface area (Å²) >= 11 is 5.82. The molecule has 4 nitrogen and oxygen atoms in total. The second-order valence-electron chi connectivity index (χ2n) is 5.11. The molecular weight excluding hydrogens is 288 g/mol. The van der Waals surface area contributed by atoms with Crippen molar-refractivity contribution in [2.75, 3.05) is 11.1 Å². The monoisotopic (exact) mass is 304 g/mol. The molecule has 0 heterocycles. The number of amides is 1. The van der Waals surface area contributed by atoms with Crippen LogP contribution in [0.1, 0.15) is 13.8 Å². The summed E-state index contributed by atoms with van der Waals surface area (Å²) in [7, 11) is 0. The van der Waals surface area contributed by atoms with Crippen LogP contribution < -0.4 is 15.8 Å². The largest absolute Gasteiger partial charge is 0.478 e. The highest BCUT2D eigenvalue weighted by atomic mass is 35.5. The van der Waals surface area contributed by atoms with E-state index in [2.05, 4.69) is 5.32 Å². The summed E-state index contributed by atoms with van der Waals surface area (Å²) in [6.45, 7) is 3.38. The van der Waals surface area contributed by atoms with Crippen molar-refractivity contribution in [1.29, 1.82) is 0 Å². The number of rotatable bonds is 4. The molecule has 1 amide bonds. The molecule has 110 valence electrons. The molecule has 0 atom stereocenters. The minimum absolute atomic E-state index is 0.282. The van der Waals surface area contributed by atoms with Gasteiger partial charge in [0.25, 0.3) is 5.91 Å². The van der Waals surface area contributed by atoms with Crippen LogP contribution in [0.2, 0.25) is 5.02 Å². The van der Waals surface area contributed by atoms with E-state index in [9.17, 15) is 4.79 Å². The molecule has 0 fully saturated rings. The standard InChI is InChI=1S/C16H17ClN2O2/c1-16(2,21-12-9-7-11(17)8-10-12)15(20)19-14-6-4-3-5-13(14)18/h3-10H,18H2,1-2H3,(H,19,20). The molecule has 0 aliphatic heterocycles. The van der Waals surface area contributed by atoms with Crippen molar-refractivity contribution in [3.8, 4) is 5.75 Å². The molecule has 0 spiro atoms. The number of nitrogens with two attached hydrogens (primary N) is 1. The van der Waals surface area contributed by atoms with Crippen LogP contribution >= 0.6 is 11.6 Å². The van der Waals surface area contributed by atoms with E-state index in [1.807, 2.05) is 0 Å². The fraction of sp³-hybridized carbons (Fsp3) is 0.188. The molecule has 0 aliphatic carbocycles. The van der Waals surface area contributed by atoms with Crippen LogP contribution in [-0.2, 0) is 4.79 Å². The van der Waals surface area contributed by atoms with Crippen LogP contribution in [0, 0.1) is 0 Å². The van der Waals surface area contributed by atoms with Crippen LogP contribution in [-0.4, -0.2) is 11.5 Å². The third kappa shape index (κ3) is 3.89. The van der Waals surface area contributed by atoms with E-state index in [-0.39, 0.29) is 5.91 Å². The van der Waals surface area contributed by atoms with Gasteiger partial charge >= 0.3 is 0 Å². The third-order valence-electron chi connectivity index (χ3n) is 2.94. The maximum atomic E-state index is 12.3. The lowest BCUT2D eigenvalue weighted by Gasteiger charge is -2.25. The van der Waals surface area contributed by atoms with E-state index in [0.717, 1.165) is 0 Å². The highest BCUT2D eigenvalue weighted by Gasteiger charge is 2.30. The molecule has 0 aromatic heterocycles. The van der Waals surface area contributed by atoms with Gasteiger partial charge in [-0.3, -0.25) is 4.79 Å². The van der Waals surface area contributed by atoms with Crippen molar-refractivity contribution in [2.24, 2.45) is 0 Å². The van der Waals surface area contributed by atoms with Crippen LogP contribution in [0.5, 0.6) is 5.75 Å². The van der Waals surface area contributed by atoms with Gasteiger partial charge in [-0.15, -0.1) is 0 Å². The Hall–Kier alpha value is -2.20. The summed E-state index contributed by atoms with van der Waals surface area (Å²) in [5.41, 5.74) is 5.84. The Kier molecular flexibility index (Phi) is 4.38. The molecule has 0 radical (unpaired) electrons. The average molecular weight is 305 g/mol. The van der Waals surface area contributed by atoms with Crippen molar-refractivity contribution in [3.05, 3.63) is 53.6 Å². The Balaban J connectivity index is 2.10. The molecule has 0 unspecified atom stereocenters. The number of carbonyl (C=O) groups is 1. The smallest absolute Gasteiger partial charge is 0.268 e. The van der Waals surface area contributed by atoms with E-state index in [0.29, 0.717) is 22.1 Å². The number of anilines is 2. The lowest BCUT2D eigenvalue weighted by Crippen LogP contribution is -2.42. The Morgan fingerprint density at radius 1 is 1.14 bits per heavy atom. The molecule has 2 aromatic rings. The van der Waals surface area contributed by atoms with E-state index in [1.165, 1.54) is 0 Å². The van der Waals surface area contributed by atoms with Gasteiger partial charge in [-0.25, -0.2) is 0 Å². The van der Waals surface area contributed by atoms with Gasteiger partial charge in [0, 0.05) is 5.02 Å². The first kappa shape index (κ1) is 15.2. The lowest BCUT2D eigenvalue weighted by atomic mass is 10.1. The van der Waals surface area contributed by atoms with Crippen LogP contribution in [0.25, 0.3) is 0 Å². The van der Waals surface area contributed by atoms with Crippen LogP contribution in [0.4, 0.5) is 11.4 Å². The van der Waals surface area contributed by atoms with Gasteiger partial charge < -0.3 is 15.8 Å². The number of ether oxygens (including phenoxy) is 1. The van der Waals surface area contributed by atoms with Gasteiger partial charge in [0.1, 0.15) is 5.75 Å². The average Bonchev–Trinajstić information content (AvgIpc) is 2.43. The summed E-state index contributed by atoms with van der Waals surface area (Å²) in [4.78, 5) is 12.3. The number of para-hydroxylation sites is 2. The quantitative estimate of drug-likeness (QED) is 0.846. The summed E-state index contributed by atoms with van der Waals surface area (Å²) in [5.74, 6) is 0.288. The summed E-state index contributed by atoms with van der Waals surface area (Å²) < 4.78 is 5.72. The molecule has 0 aliphatic rings. The van der Waals surface area contributed by atoms with E-state index in [4.69, 9.17) is 22.1 Å². The fourth-order valence-corrected chi connectivity index (χ4v) is 1.85. The number of carbonyl (C=O) groups excluding carboxylic acids is 1. The lowest BCUT2D eigenvalue weighted by molar-refractivity contribution is -0.128. The minimum Gasteiger partial charge on any atom is -0.478 e. The molecule has 2 aromatic carbocycles. The Bertz CT molecular complexity index is 639. The van der Waals surface area contributed by atoms with Gasteiger partial charge in [0.2, 0.25) is 0 Å². The number of hydrogen-bond donors (Lipinski definition) is 2. The Morgan fingerprint density at radius 2 is 1.76 bits per heavy atom. The number of halogens is 1. The molecule has 21 heavy (non-hydrogen) atoms. The van der Waals surface area contributed by atoms with E-state index >= 15 is 0 Å². The van der Waals surface area contributed by atoms with Gasteiger partial charge in [-0.05, 0) is 50.2 Å². The molecule has 0 saturated carbocycles. The summed E-state index contributed by atoms with van der Waals surface area (Å²) in [5, 5.41) is 3.38. The highest BCUT2D eigenvalue weighted by Crippen LogP contribution is 2.23. The van der Waals surface area contributed by atoms with Crippen LogP contribution in [0.3, 0.4) is 0 Å². The Morgan fingerprint density at radius 3 is 2.38 bits per heavy atom. The third-order valence-corrected chi connectivity index (χ3v) is 3.19. The fourth-order valence-electron chi connectivity index (χ4n) is 1.73. The number of nitrogen functional groups attached to an aromatic ring is 1. The molecule has 5 heteroatoms. The maximum Gasteiger partial charge on any atom is 0.268 e. The molecule has 0 bridgehead atoms. The minimum atomic E-state index is -1.05. The molecular formula is C16H17ClN2O2. The first-order valence-electron chi connectivity index (χ1n) is 6.49. The van der Waals surface area contributed by atoms with Crippen molar-refractivity contribution in [1.82, 2.24) is 0 Å². The number of benzene rings is 2. The zero-order chi connectivity index (χ0) is 15.5. The normalized spacial score (nSPS) is 11.0. The van der Waals surface area contributed by atoms with E-state index < -0.39 is 5.60 Å². The summed E-state index contributed by atoms with van der Waals surface area (Å²) in [6.07, 6.45) is 0. The van der Waals surface area contributed by atoms with Gasteiger partial charge in [0.05, 0.1) is 11.4 Å². The number of hydrogen-bond acceptors (Lipinski definition) is 3. The second-order valence-corrected chi connectivity index (χ2v) is 5.54. The number of nitrogens with one attached hydrogen (secondary N) is 1. The molecule has 2 rings (SSSR count). The highest BCUT2D eigenvalue weighted by molar-refractivity contribution is 6.30. The van der Waals surface area contributed by atoms with Crippen molar-refractivity contribution in [3.63, 3.8) is 0 Å². The first-order chi connectivity index (χ1) is 9.88. The van der Waals surface area contributed by atoms with Gasteiger partial charge in [-0.1, -0.05) is 23.7 Å². The van der Waals surface area contributed by atoms with Crippen molar-refractivity contribution >= 4 is 28.9 Å². The molecule has 0 saturated heterocycles. The van der Waals surface area contributed by atoms with Gasteiger partial charge in [0.15, 0.2) is 5.60 Å². The van der Waals surface area contributed by atoms with Gasteiger partial charge in [-0.2, -0.15) is 0 Å². The molecule has 3 N–H and O–H groups in total. The van der Waals surface area contributed by atoms with Crippen molar-refractivity contribution < 1.29 is 9.53 Å². The predicted molar refractivity (Wildman–Crippen MR) is 85.6 cm³/mol. The summed E-state index contributed by atoms with van der Waals surface area (Å²) in [6, 6.07) is 13.9. The zero-order valence-electron chi connectivity index (χ0n) is 11.9. The second kappa shape index (κ2) is 6.06. The van der Waals surface area contributed by atoms with E-state index in [1.54, 1.807) is 62.4 Å². The Labute approximate surface area is 128 Å². The maximum absolute atomic E-state index is 12.3. The topological polar surface area (TPSA) is 64.3 Å². The SMILES string of the molecule is CC(C)(Oc1ccc(Cl)cc1)C(=O)Nc1ccccc1N. The zero-order valence-corrected chi connectivity index (χ0v) is 12.6. The van der Waals surface area contributed by atoms with Crippen molar-refractivity contribution in [2.45, 2.75) is 19.4 Å². The first-order valence-corrected chi connectivity index (χ1v) is 6.87.